The van der Waals surface area contributed by atoms with E-state index in [0.29, 0.717) is 6.42 Å². The molecule has 0 bridgehead atoms. The van der Waals surface area contributed by atoms with E-state index >= 15 is 0 Å². The number of nitrogens with one attached hydrogen (secondary N) is 1. The highest BCUT2D eigenvalue weighted by atomic mass is 32.2. The summed E-state index contributed by atoms with van der Waals surface area (Å²) >= 11 is 0. The van der Waals surface area contributed by atoms with Crippen LogP contribution in [0, 0.1) is 11.8 Å². The van der Waals surface area contributed by atoms with Crippen molar-refractivity contribution in [3.63, 3.8) is 0 Å². The first-order valence-electron chi connectivity index (χ1n) is 7.90. The van der Waals surface area contributed by atoms with E-state index in [1.54, 1.807) is 11.9 Å². The molecule has 0 aliphatic carbocycles. The van der Waals surface area contributed by atoms with Crippen molar-refractivity contribution in [2.24, 2.45) is 0 Å². The molecule has 0 saturated carbocycles. The quantitative estimate of drug-likeness (QED) is 0.790. The Bertz CT molecular complexity index is 826. The van der Waals surface area contributed by atoms with Gasteiger partial charge in [-0.25, -0.2) is 8.42 Å². The minimum absolute atomic E-state index is 0.00805. The molecule has 1 aromatic rings. The monoisotopic (exact) mass is 388 g/mol. The number of sulfone groups is 1. The van der Waals surface area contributed by atoms with Crippen molar-refractivity contribution in [2.75, 3.05) is 31.6 Å². The van der Waals surface area contributed by atoms with Crippen molar-refractivity contribution >= 4 is 15.7 Å². The summed E-state index contributed by atoms with van der Waals surface area (Å²) in [6, 6.07) is 4.46. The molecule has 1 N–H and O–H groups in total. The summed E-state index contributed by atoms with van der Waals surface area (Å²) < 4.78 is 60.7. The second kappa shape index (κ2) is 8.10. The van der Waals surface area contributed by atoms with Crippen LogP contribution >= 0.6 is 0 Å². The first kappa shape index (κ1) is 20.3. The van der Waals surface area contributed by atoms with Crippen molar-refractivity contribution in [1.29, 1.82) is 0 Å². The highest BCUT2D eigenvalue weighted by molar-refractivity contribution is 7.91. The highest BCUT2D eigenvalue weighted by Crippen LogP contribution is 2.29. The highest BCUT2D eigenvalue weighted by Gasteiger charge is 2.31. The predicted octanol–water partition coefficient (Wildman–Crippen LogP) is 1.29. The SMILES string of the molecule is CN(CC(=O)NCC#Cc1cccc(C(F)(F)F)c1)C1CCS(=O)(=O)C1. The molecule has 142 valence electrons. The Balaban J connectivity index is 1.81. The van der Waals surface area contributed by atoms with Crippen LogP contribution < -0.4 is 5.32 Å². The predicted molar refractivity (Wildman–Crippen MR) is 91.0 cm³/mol. The maximum atomic E-state index is 12.6. The molecular weight excluding hydrogens is 369 g/mol. The normalized spacial score (nSPS) is 19.0. The van der Waals surface area contributed by atoms with E-state index in [-0.39, 0.29) is 42.1 Å². The first-order chi connectivity index (χ1) is 12.1. The molecule has 1 saturated heterocycles. The van der Waals surface area contributed by atoms with E-state index in [4.69, 9.17) is 0 Å². The number of benzene rings is 1. The van der Waals surface area contributed by atoms with Gasteiger partial charge in [0.05, 0.1) is 30.2 Å². The smallest absolute Gasteiger partial charge is 0.344 e. The molecule has 0 spiro atoms. The Hall–Kier alpha value is -2.05. The van der Waals surface area contributed by atoms with Crippen LogP contribution in [0.3, 0.4) is 0 Å². The van der Waals surface area contributed by atoms with Crippen LogP contribution in [0.2, 0.25) is 0 Å². The van der Waals surface area contributed by atoms with Gasteiger partial charge in [0.15, 0.2) is 9.84 Å². The summed E-state index contributed by atoms with van der Waals surface area (Å²) in [4.78, 5) is 13.5. The van der Waals surface area contributed by atoms with Crippen molar-refractivity contribution in [3.05, 3.63) is 35.4 Å². The lowest BCUT2D eigenvalue weighted by Gasteiger charge is -2.21. The third kappa shape index (κ3) is 6.04. The van der Waals surface area contributed by atoms with E-state index < -0.39 is 21.6 Å². The molecule has 1 heterocycles. The Morgan fingerprint density at radius 3 is 2.73 bits per heavy atom. The van der Waals surface area contributed by atoms with E-state index in [1.165, 1.54) is 12.1 Å². The van der Waals surface area contributed by atoms with Crippen LogP contribution in [-0.2, 0) is 20.8 Å². The van der Waals surface area contributed by atoms with Gasteiger partial charge >= 0.3 is 6.18 Å². The van der Waals surface area contributed by atoms with Crippen molar-refractivity contribution in [3.8, 4) is 11.8 Å². The molecule has 1 amide bonds. The Morgan fingerprint density at radius 1 is 1.38 bits per heavy atom. The largest absolute Gasteiger partial charge is 0.416 e. The zero-order valence-electron chi connectivity index (χ0n) is 14.1. The minimum Gasteiger partial charge on any atom is -0.344 e. The molecule has 5 nitrogen and oxygen atoms in total. The van der Waals surface area contributed by atoms with Crippen LogP contribution in [0.4, 0.5) is 13.2 Å². The zero-order chi connectivity index (χ0) is 19.4. The fourth-order valence-corrected chi connectivity index (χ4v) is 4.40. The van der Waals surface area contributed by atoms with Gasteiger partial charge in [-0.3, -0.25) is 9.69 Å². The first-order valence-corrected chi connectivity index (χ1v) is 9.72. The number of amides is 1. The number of alkyl halides is 3. The molecule has 1 fully saturated rings. The lowest BCUT2D eigenvalue weighted by Crippen LogP contribution is -2.41. The lowest BCUT2D eigenvalue weighted by molar-refractivity contribution is -0.137. The summed E-state index contributed by atoms with van der Waals surface area (Å²) in [5.41, 5.74) is -0.566. The maximum absolute atomic E-state index is 12.6. The summed E-state index contributed by atoms with van der Waals surface area (Å²) in [6.07, 6.45) is -3.92. The summed E-state index contributed by atoms with van der Waals surface area (Å²) in [6.45, 7) is 0.0251. The molecule has 1 aromatic carbocycles. The number of carbonyl (C=O) groups is 1. The fraction of sp³-hybridized carbons (Fsp3) is 0.471. The molecule has 1 aliphatic rings. The lowest BCUT2D eigenvalue weighted by atomic mass is 10.1. The van der Waals surface area contributed by atoms with Crippen molar-refractivity contribution in [1.82, 2.24) is 10.2 Å². The Kier molecular flexibility index (Phi) is 6.31. The Morgan fingerprint density at radius 2 is 2.12 bits per heavy atom. The summed E-state index contributed by atoms with van der Waals surface area (Å²) in [5.74, 6) is 5.03. The number of rotatable bonds is 4. The van der Waals surface area contributed by atoms with Crippen LogP contribution in [-0.4, -0.2) is 56.9 Å². The number of hydrogen-bond donors (Lipinski definition) is 1. The van der Waals surface area contributed by atoms with E-state index in [0.717, 1.165) is 12.1 Å². The number of likely N-dealkylation sites (N-methyl/N-ethyl adjacent to an activating group) is 1. The van der Waals surface area contributed by atoms with Gasteiger partial charge in [-0.15, -0.1) is 0 Å². The minimum atomic E-state index is -4.43. The molecule has 2 rings (SSSR count). The molecule has 26 heavy (non-hydrogen) atoms. The standard InChI is InChI=1S/C17H19F3N2O3S/c1-22(15-7-9-26(24,25)12-15)11-16(23)21-8-3-5-13-4-2-6-14(10-13)17(18,19)20/h2,4,6,10,15H,7-9,11-12H2,1H3,(H,21,23). The Labute approximate surface area is 150 Å². The van der Waals surface area contributed by atoms with Gasteiger partial charge in [0.25, 0.3) is 0 Å². The van der Waals surface area contributed by atoms with Crippen LogP contribution in [0.25, 0.3) is 0 Å². The molecule has 1 aliphatic heterocycles. The maximum Gasteiger partial charge on any atom is 0.416 e. The average molecular weight is 388 g/mol. The molecule has 1 atom stereocenters. The van der Waals surface area contributed by atoms with Crippen LogP contribution in [0.5, 0.6) is 0 Å². The van der Waals surface area contributed by atoms with E-state index in [2.05, 4.69) is 17.2 Å². The van der Waals surface area contributed by atoms with Gasteiger partial charge in [0.1, 0.15) is 0 Å². The van der Waals surface area contributed by atoms with Crippen molar-refractivity contribution < 1.29 is 26.4 Å². The molecule has 1 unspecified atom stereocenters. The molecule has 9 heteroatoms. The number of halogens is 3. The van der Waals surface area contributed by atoms with Crippen molar-refractivity contribution in [2.45, 2.75) is 18.6 Å². The molecular formula is C17H19F3N2O3S. The van der Waals surface area contributed by atoms with Gasteiger partial charge in [-0.05, 0) is 31.7 Å². The molecule has 0 aromatic heterocycles. The second-order valence-corrected chi connectivity index (χ2v) is 8.36. The fourth-order valence-electron chi connectivity index (χ4n) is 2.60. The van der Waals surface area contributed by atoms with Gasteiger partial charge < -0.3 is 5.32 Å². The third-order valence-electron chi connectivity index (χ3n) is 4.02. The van der Waals surface area contributed by atoms with Gasteiger partial charge in [-0.1, -0.05) is 17.9 Å². The van der Waals surface area contributed by atoms with Crippen LogP contribution in [0.1, 0.15) is 17.5 Å². The van der Waals surface area contributed by atoms with Gasteiger partial charge in [0.2, 0.25) is 5.91 Å². The number of nitrogens with zero attached hydrogens (tertiary/aromatic N) is 1. The van der Waals surface area contributed by atoms with Gasteiger partial charge in [-0.2, -0.15) is 13.2 Å². The topological polar surface area (TPSA) is 66.5 Å². The molecule has 0 radical (unpaired) electrons. The average Bonchev–Trinajstić information content (AvgIpc) is 2.91. The van der Waals surface area contributed by atoms with Gasteiger partial charge in [0, 0.05) is 11.6 Å². The van der Waals surface area contributed by atoms with E-state index in [9.17, 15) is 26.4 Å². The third-order valence-corrected chi connectivity index (χ3v) is 5.77. The summed E-state index contributed by atoms with van der Waals surface area (Å²) in [7, 11) is -1.34. The second-order valence-electron chi connectivity index (χ2n) is 6.13. The zero-order valence-corrected chi connectivity index (χ0v) is 15.0. The van der Waals surface area contributed by atoms with Crippen LogP contribution in [0.15, 0.2) is 24.3 Å². The van der Waals surface area contributed by atoms with E-state index in [1.807, 2.05) is 0 Å². The number of carbonyl (C=O) groups excluding carboxylic acids is 1. The summed E-state index contributed by atoms with van der Waals surface area (Å²) in [5, 5.41) is 2.55. The number of hydrogen-bond acceptors (Lipinski definition) is 4.